The maximum atomic E-state index is 11.9. The highest BCUT2D eigenvalue weighted by molar-refractivity contribution is 5.80. The summed E-state index contributed by atoms with van der Waals surface area (Å²) in [6.07, 6.45) is -2.06. The number of aliphatic hydroxyl groups excluding tert-OH is 2. The van der Waals surface area contributed by atoms with Crippen LogP contribution in [0.3, 0.4) is 0 Å². The van der Waals surface area contributed by atoms with E-state index in [4.69, 9.17) is 14.6 Å². The second-order valence-corrected chi connectivity index (χ2v) is 11.3. The zero-order valence-electron chi connectivity index (χ0n) is 24.9. The van der Waals surface area contributed by atoms with Crippen LogP contribution in [0.1, 0.15) is 73.0 Å². The Bertz CT molecular complexity index is 1320. The van der Waals surface area contributed by atoms with Gasteiger partial charge in [0.1, 0.15) is 0 Å². The largest absolute Gasteiger partial charge is 0.481 e. The minimum absolute atomic E-state index is 0.0139. The molecule has 6 atom stereocenters. The topological polar surface area (TPSA) is 129 Å². The van der Waals surface area contributed by atoms with Gasteiger partial charge in [0, 0.05) is 37.0 Å². The highest BCUT2D eigenvalue weighted by atomic mass is 16.7. The van der Waals surface area contributed by atoms with Gasteiger partial charge in [-0.2, -0.15) is 0 Å². The molecule has 1 amide bonds. The first-order chi connectivity index (χ1) is 20.7. The molecule has 0 saturated carbocycles. The summed E-state index contributed by atoms with van der Waals surface area (Å²) in [7, 11) is 1.99. The van der Waals surface area contributed by atoms with Gasteiger partial charge >= 0.3 is 5.97 Å². The van der Waals surface area contributed by atoms with E-state index in [1.165, 1.54) is 0 Å². The normalized spacial score (nSPS) is 21.7. The Morgan fingerprint density at radius 1 is 0.907 bits per heavy atom. The molecule has 1 aliphatic rings. The van der Waals surface area contributed by atoms with Gasteiger partial charge < -0.3 is 30.1 Å². The molecular formula is C34H42N2O7. The molecule has 3 aromatic carbocycles. The van der Waals surface area contributed by atoms with Crippen LogP contribution in [0.15, 0.2) is 78.9 Å². The molecule has 230 valence electrons. The SMILES string of the molecule is C[C@@H]1[C@H](CN(C)[C@@H](C)[C@H](O)c2ccccc2)O[C@H](c2ccc(CNC(=O)CCC(=O)O)cc2)O[C@@H]1c1ccc(CO)cc1. The Kier molecular flexibility index (Phi) is 11.4. The van der Waals surface area contributed by atoms with Gasteiger partial charge in [-0.05, 0) is 36.2 Å². The number of nitrogens with one attached hydrogen (secondary N) is 1. The molecule has 1 heterocycles. The van der Waals surface area contributed by atoms with Crippen LogP contribution >= 0.6 is 0 Å². The van der Waals surface area contributed by atoms with E-state index >= 15 is 0 Å². The van der Waals surface area contributed by atoms with Crippen molar-refractivity contribution in [3.05, 3.63) is 107 Å². The van der Waals surface area contributed by atoms with Crippen LogP contribution in [0.25, 0.3) is 0 Å². The summed E-state index contributed by atoms with van der Waals surface area (Å²) in [5.74, 6) is -1.33. The molecule has 0 bridgehead atoms. The van der Waals surface area contributed by atoms with Crippen molar-refractivity contribution in [3.63, 3.8) is 0 Å². The quantitative estimate of drug-likeness (QED) is 0.229. The molecule has 9 nitrogen and oxygen atoms in total. The monoisotopic (exact) mass is 590 g/mol. The number of hydrogen-bond donors (Lipinski definition) is 4. The number of amides is 1. The fourth-order valence-electron chi connectivity index (χ4n) is 5.25. The molecule has 4 rings (SSSR count). The minimum atomic E-state index is -1.00. The zero-order valence-corrected chi connectivity index (χ0v) is 24.9. The summed E-state index contributed by atoms with van der Waals surface area (Å²) in [6, 6.07) is 24.8. The number of hydrogen-bond acceptors (Lipinski definition) is 7. The Hall–Kier alpha value is -3.60. The summed E-state index contributed by atoms with van der Waals surface area (Å²) >= 11 is 0. The molecule has 0 aromatic heterocycles. The molecule has 0 unspecified atom stereocenters. The van der Waals surface area contributed by atoms with Crippen molar-refractivity contribution < 1.29 is 34.4 Å². The lowest BCUT2D eigenvalue weighted by atomic mass is 9.89. The van der Waals surface area contributed by atoms with Crippen LogP contribution in [0.2, 0.25) is 0 Å². The van der Waals surface area contributed by atoms with Gasteiger partial charge in [0.2, 0.25) is 5.91 Å². The molecule has 0 aliphatic carbocycles. The average Bonchev–Trinajstić information content (AvgIpc) is 3.03. The van der Waals surface area contributed by atoms with Crippen molar-refractivity contribution in [1.29, 1.82) is 0 Å². The number of carboxylic acid groups (broad SMARTS) is 1. The lowest BCUT2D eigenvalue weighted by Crippen LogP contribution is -2.46. The predicted molar refractivity (Wildman–Crippen MR) is 162 cm³/mol. The standard InChI is InChI=1S/C34H42N2O7/c1-22-29(20-36(3)23(2)32(41)26-7-5-4-6-8-26)42-34(43-33(22)27-13-11-25(21-37)12-14-27)28-15-9-24(10-16-28)19-35-30(38)17-18-31(39)40/h4-16,22-23,29,32-34,37,41H,17-21H2,1-3H3,(H,35,38)(H,39,40)/t22-,23+,29+,32+,33+,34+/m1/s1. The van der Waals surface area contributed by atoms with Crippen molar-refractivity contribution in [1.82, 2.24) is 10.2 Å². The predicted octanol–water partition coefficient (Wildman–Crippen LogP) is 4.51. The molecular weight excluding hydrogens is 548 g/mol. The lowest BCUT2D eigenvalue weighted by molar-refractivity contribution is -0.276. The van der Waals surface area contributed by atoms with E-state index in [0.29, 0.717) is 6.54 Å². The van der Waals surface area contributed by atoms with E-state index in [0.717, 1.165) is 27.8 Å². The molecule has 1 aliphatic heterocycles. The number of carbonyl (C=O) groups is 2. The number of rotatable bonds is 13. The molecule has 1 fully saturated rings. The highest BCUT2D eigenvalue weighted by Crippen LogP contribution is 2.42. The van der Waals surface area contributed by atoms with Gasteiger partial charge in [-0.1, -0.05) is 85.8 Å². The van der Waals surface area contributed by atoms with Crippen molar-refractivity contribution >= 4 is 11.9 Å². The number of likely N-dealkylation sites (N-methyl/N-ethyl adjacent to an activating group) is 1. The third kappa shape index (κ3) is 8.72. The molecule has 0 radical (unpaired) electrons. The van der Waals surface area contributed by atoms with Crippen LogP contribution in [0.4, 0.5) is 0 Å². The van der Waals surface area contributed by atoms with Crippen molar-refractivity contribution in [3.8, 4) is 0 Å². The van der Waals surface area contributed by atoms with E-state index in [1.54, 1.807) is 0 Å². The van der Waals surface area contributed by atoms with Gasteiger partial charge in [0.25, 0.3) is 0 Å². The first-order valence-electron chi connectivity index (χ1n) is 14.7. The summed E-state index contributed by atoms with van der Waals surface area (Å²) in [6.45, 7) is 4.93. The third-order valence-electron chi connectivity index (χ3n) is 8.19. The maximum absolute atomic E-state index is 11.9. The van der Waals surface area contributed by atoms with Crippen molar-refractivity contribution in [2.45, 2.75) is 70.5 Å². The average molecular weight is 591 g/mol. The summed E-state index contributed by atoms with van der Waals surface area (Å²) in [5, 5.41) is 32.1. The smallest absolute Gasteiger partial charge is 0.303 e. The fourth-order valence-corrected chi connectivity index (χ4v) is 5.25. The second-order valence-electron chi connectivity index (χ2n) is 11.3. The van der Waals surface area contributed by atoms with Crippen LogP contribution in [0.5, 0.6) is 0 Å². The zero-order chi connectivity index (χ0) is 30.9. The Balaban J connectivity index is 1.49. The molecule has 3 aromatic rings. The summed E-state index contributed by atoms with van der Waals surface area (Å²) < 4.78 is 13.1. The van der Waals surface area contributed by atoms with Crippen LogP contribution in [0, 0.1) is 5.92 Å². The lowest BCUT2D eigenvalue weighted by Gasteiger charge is -2.43. The fraction of sp³-hybridized carbons (Fsp3) is 0.412. The van der Waals surface area contributed by atoms with Crippen LogP contribution in [-0.4, -0.2) is 57.8 Å². The van der Waals surface area contributed by atoms with Gasteiger partial charge in [0.15, 0.2) is 6.29 Å². The first-order valence-corrected chi connectivity index (χ1v) is 14.7. The number of nitrogens with zero attached hydrogens (tertiary/aromatic N) is 1. The number of carbonyl (C=O) groups excluding carboxylic acids is 1. The molecule has 0 spiro atoms. The molecule has 4 N–H and O–H groups in total. The highest BCUT2D eigenvalue weighted by Gasteiger charge is 2.39. The third-order valence-corrected chi connectivity index (χ3v) is 8.19. The van der Waals surface area contributed by atoms with Gasteiger partial charge in [0.05, 0.1) is 31.3 Å². The molecule has 9 heteroatoms. The molecule has 43 heavy (non-hydrogen) atoms. The van der Waals surface area contributed by atoms with Gasteiger partial charge in [-0.25, -0.2) is 0 Å². The number of carboxylic acids is 1. The minimum Gasteiger partial charge on any atom is -0.481 e. The second kappa shape index (κ2) is 15.2. The molecule has 1 saturated heterocycles. The van der Waals surface area contributed by atoms with Crippen molar-refractivity contribution in [2.24, 2.45) is 5.92 Å². The van der Waals surface area contributed by atoms with Gasteiger partial charge in [-0.3, -0.25) is 14.5 Å². The van der Waals surface area contributed by atoms with E-state index in [9.17, 15) is 19.8 Å². The van der Waals surface area contributed by atoms with Gasteiger partial charge in [-0.15, -0.1) is 0 Å². The Morgan fingerprint density at radius 3 is 2.16 bits per heavy atom. The van der Waals surface area contributed by atoms with E-state index in [2.05, 4.69) is 17.1 Å². The van der Waals surface area contributed by atoms with E-state index < -0.39 is 18.4 Å². The van der Waals surface area contributed by atoms with Crippen molar-refractivity contribution in [2.75, 3.05) is 13.6 Å². The number of aliphatic carboxylic acids is 1. The number of aliphatic hydroxyl groups is 2. The van der Waals surface area contributed by atoms with Crippen LogP contribution < -0.4 is 5.32 Å². The van der Waals surface area contributed by atoms with E-state index in [1.807, 2.05) is 92.8 Å². The maximum Gasteiger partial charge on any atom is 0.303 e. The number of ether oxygens (including phenoxy) is 2. The van der Waals surface area contributed by atoms with E-state index in [-0.39, 0.29) is 56.1 Å². The Morgan fingerprint density at radius 2 is 1.53 bits per heavy atom. The number of benzene rings is 3. The summed E-state index contributed by atoms with van der Waals surface area (Å²) in [5.41, 5.74) is 4.37. The summed E-state index contributed by atoms with van der Waals surface area (Å²) in [4.78, 5) is 24.7. The Labute approximate surface area is 253 Å². The first kappa shape index (κ1) is 32.3. The van der Waals surface area contributed by atoms with Crippen LogP contribution in [-0.2, 0) is 32.2 Å².